The summed E-state index contributed by atoms with van der Waals surface area (Å²) in [6.45, 7) is 7.27. The molecular weight excluding hydrogens is 292 g/mol. The summed E-state index contributed by atoms with van der Waals surface area (Å²) in [7, 11) is 1.68. The molecule has 5 nitrogen and oxygen atoms in total. The molecule has 0 saturated carbocycles. The molecule has 1 N–H and O–H groups in total. The quantitative estimate of drug-likeness (QED) is 0.636. The van der Waals surface area contributed by atoms with Gasteiger partial charge < -0.3 is 19.5 Å². The van der Waals surface area contributed by atoms with E-state index in [1.54, 1.807) is 13.3 Å². The molecule has 0 spiro atoms. The number of nitrogens with one attached hydrogen (secondary N) is 1. The van der Waals surface area contributed by atoms with E-state index in [9.17, 15) is 0 Å². The van der Waals surface area contributed by atoms with E-state index in [1.807, 2.05) is 6.07 Å². The van der Waals surface area contributed by atoms with Crippen molar-refractivity contribution in [1.82, 2.24) is 10.3 Å². The first-order valence-corrected chi connectivity index (χ1v) is 7.58. The lowest BCUT2D eigenvalue weighted by molar-refractivity contribution is 0.0795. The molecule has 120 valence electrons. The molecule has 0 aliphatic carbocycles. The minimum Gasteiger partial charge on any atom is -0.475 e. The van der Waals surface area contributed by atoms with Gasteiger partial charge in [-0.3, -0.25) is 0 Å². The van der Waals surface area contributed by atoms with Crippen molar-refractivity contribution >= 4 is 11.6 Å². The van der Waals surface area contributed by atoms with Crippen LogP contribution in [-0.4, -0.2) is 44.6 Å². The highest BCUT2D eigenvalue weighted by Gasteiger charge is 2.05. The Labute approximate surface area is 131 Å². The van der Waals surface area contributed by atoms with Crippen molar-refractivity contribution in [3.05, 3.63) is 22.8 Å². The monoisotopic (exact) mass is 316 g/mol. The van der Waals surface area contributed by atoms with Crippen LogP contribution in [-0.2, 0) is 16.0 Å². The van der Waals surface area contributed by atoms with Gasteiger partial charge in [-0.15, -0.1) is 0 Å². The molecule has 1 rings (SSSR count). The van der Waals surface area contributed by atoms with Crippen LogP contribution in [0, 0.1) is 0 Å². The molecule has 0 unspecified atom stereocenters. The van der Waals surface area contributed by atoms with Crippen LogP contribution >= 0.6 is 11.6 Å². The number of aromatic nitrogens is 1. The second-order valence-corrected chi connectivity index (χ2v) is 5.36. The lowest BCUT2D eigenvalue weighted by atomic mass is 10.2. The van der Waals surface area contributed by atoms with E-state index < -0.39 is 0 Å². The number of methoxy groups -OCH3 is 1. The zero-order valence-corrected chi connectivity index (χ0v) is 13.8. The van der Waals surface area contributed by atoms with Crippen molar-refractivity contribution in [1.29, 1.82) is 0 Å². The van der Waals surface area contributed by atoms with Crippen molar-refractivity contribution in [2.24, 2.45) is 0 Å². The zero-order chi connectivity index (χ0) is 15.5. The first kappa shape index (κ1) is 18.2. The predicted octanol–water partition coefficient (Wildman–Crippen LogP) is 2.66. The Morgan fingerprint density at radius 1 is 1.24 bits per heavy atom. The number of pyridine rings is 1. The van der Waals surface area contributed by atoms with Crippen LogP contribution in [0.5, 0.6) is 5.88 Å². The first-order valence-electron chi connectivity index (χ1n) is 7.20. The van der Waals surface area contributed by atoms with Gasteiger partial charge in [-0.1, -0.05) is 25.4 Å². The van der Waals surface area contributed by atoms with Crippen LogP contribution in [0.15, 0.2) is 12.3 Å². The molecule has 0 saturated heterocycles. The van der Waals surface area contributed by atoms with Gasteiger partial charge in [0.2, 0.25) is 5.88 Å². The normalized spacial score (nSPS) is 11.1. The maximum atomic E-state index is 6.12. The second kappa shape index (κ2) is 10.8. The average Bonchev–Trinajstić information content (AvgIpc) is 2.46. The van der Waals surface area contributed by atoms with E-state index in [-0.39, 0.29) is 0 Å². The first-order chi connectivity index (χ1) is 10.1. The highest BCUT2D eigenvalue weighted by atomic mass is 35.5. The zero-order valence-electron chi connectivity index (χ0n) is 13.0. The van der Waals surface area contributed by atoms with Gasteiger partial charge in [0.05, 0.1) is 11.6 Å². The van der Waals surface area contributed by atoms with Crippen molar-refractivity contribution in [2.45, 2.75) is 32.9 Å². The van der Waals surface area contributed by atoms with Crippen LogP contribution in [0.1, 0.15) is 25.8 Å². The van der Waals surface area contributed by atoms with Gasteiger partial charge in [0.1, 0.15) is 6.61 Å². The smallest absolute Gasteiger partial charge is 0.213 e. The van der Waals surface area contributed by atoms with Crippen molar-refractivity contribution in [2.75, 3.05) is 33.5 Å². The average molecular weight is 317 g/mol. The maximum Gasteiger partial charge on any atom is 0.213 e. The standard InChI is InChI=1S/C15H25ClN2O3/c1-12(2)17-10-13-9-15(18-11-14(13)16)21-8-7-20-6-4-5-19-3/h9,11-12,17H,4-8,10H2,1-3H3. The molecule has 0 amide bonds. The van der Waals surface area contributed by atoms with E-state index in [0.29, 0.717) is 49.9 Å². The predicted molar refractivity (Wildman–Crippen MR) is 84.0 cm³/mol. The molecule has 0 aliphatic rings. The summed E-state index contributed by atoms with van der Waals surface area (Å²) in [5.74, 6) is 0.570. The van der Waals surface area contributed by atoms with Crippen LogP contribution in [0.3, 0.4) is 0 Å². The van der Waals surface area contributed by atoms with Crippen LogP contribution in [0.4, 0.5) is 0 Å². The summed E-state index contributed by atoms with van der Waals surface area (Å²) in [5, 5.41) is 3.97. The highest BCUT2D eigenvalue weighted by Crippen LogP contribution is 2.19. The number of ether oxygens (including phenoxy) is 3. The fourth-order valence-electron chi connectivity index (χ4n) is 1.60. The van der Waals surface area contributed by atoms with E-state index in [2.05, 4.69) is 24.1 Å². The Bertz CT molecular complexity index is 403. The molecule has 1 aromatic rings. The van der Waals surface area contributed by atoms with Gasteiger partial charge in [-0.05, 0) is 12.0 Å². The third-order valence-corrected chi connectivity index (χ3v) is 3.07. The molecule has 0 atom stereocenters. The van der Waals surface area contributed by atoms with E-state index in [0.717, 1.165) is 12.0 Å². The Kier molecular flexibility index (Phi) is 9.34. The molecular formula is C15H25ClN2O3. The molecule has 0 aromatic carbocycles. The summed E-state index contributed by atoms with van der Waals surface area (Å²) in [5.41, 5.74) is 0.983. The summed E-state index contributed by atoms with van der Waals surface area (Å²) >= 11 is 6.12. The Balaban J connectivity index is 2.30. The van der Waals surface area contributed by atoms with Crippen molar-refractivity contribution in [3.8, 4) is 5.88 Å². The maximum absolute atomic E-state index is 6.12. The molecule has 0 radical (unpaired) electrons. The third-order valence-electron chi connectivity index (χ3n) is 2.73. The van der Waals surface area contributed by atoms with Gasteiger partial charge in [0, 0.05) is 45.2 Å². The summed E-state index contributed by atoms with van der Waals surface area (Å²) < 4.78 is 15.9. The number of hydrogen-bond acceptors (Lipinski definition) is 5. The van der Waals surface area contributed by atoms with Crippen LogP contribution in [0.2, 0.25) is 5.02 Å². The van der Waals surface area contributed by atoms with Gasteiger partial charge in [-0.25, -0.2) is 4.98 Å². The molecule has 21 heavy (non-hydrogen) atoms. The molecule has 1 heterocycles. The molecule has 0 bridgehead atoms. The van der Waals surface area contributed by atoms with Crippen LogP contribution < -0.4 is 10.1 Å². The molecule has 0 fully saturated rings. The van der Waals surface area contributed by atoms with Crippen LogP contribution in [0.25, 0.3) is 0 Å². The third kappa shape index (κ3) is 8.21. The summed E-state index contributed by atoms with van der Waals surface area (Å²) in [6, 6.07) is 2.27. The van der Waals surface area contributed by atoms with Crippen molar-refractivity contribution in [3.63, 3.8) is 0 Å². The Morgan fingerprint density at radius 2 is 2.05 bits per heavy atom. The van der Waals surface area contributed by atoms with E-state index in [1.165, 1.54) is 0 Å². The van der Waals surface area contributed by atoms with E-state index in [4.69, 9.17) is 25.8 Å². The fraction of sp³-hybridized carbons (Fsp3) is 0.667. The van der Waals surface area contributed by atoms with Gasteiger partial charge in [0.15, 0.2) is 0 Å². The number of rotatable bonds is 11. The molecule has 0 aliphatic heterocycles. The summed E-state index contributed by atoms with van der Waals surface area (Å²) in [6.07, 6.45) is 2.51. The van der Waals surface area contributed by atoms with Gasteiger partial charge in [-0.2, -0.15) is 0 Å². The van der Waals surface area contributed by atoms with Gasteiger partial charge >= 0.3 is 0 Å². The van der Waals surface area contributed by atoms with Crippen molar-refractivity contribution < 1.29 is 14.2 Å². The largest absolute Gasteiger partial charge is 0.475 e. The Hall–Kier alpha value is -0.880. The number of nitrogens with zero attached hydrogens (tertiary/aromatic N) is 1. The lowest BCUT2D eigenvalue weighted by Crippen LogP contribution is -2.22. The molecule has 6 heteroatoms. The second-order valence-electron chi connectivity index (χ2n) is 4.96. The SMILES string of the molecule is COCCCOCCOc1cc(CNC(C)C)c(Cl)cn1. The lowest BCUT2D eigenvalue weighted by Gasteiger charge is -2.11. The fourth-order valence-corrected chi connectivity index (χ4v) is 1.77. The van der Waals surface area contributed by atoms with Gasteiger partial charge in [0.25, 0.3) is 0 Å². The Morgan fingerprint density at radius 3 is 2.76 bits per heavy atom. The number of hydrogen-bond donors (Lipinski definition) is 1. The topological polar surface area (TPSA) is 52.6 Å². The van der Waals surface area contributed by atoms with E-state index >= 15 is 0 Å². The minimum atomic E-state index is 0.402. The minimum absolute atomic E-state index is 0.402. The molecule has 1 aromatic heterocycles. The summed E-state index contributed by atoms with van der Waals surface area (Å²) in [4.78, 5) is 4.16. The highest BCUT2D eigenvalue weighted by molar-refractivity contribution is 6.31. The number of halogens is 1.